The zero-order valence-corrected chi connectivity index (χ0v) is 10.9. The van der Waals surface area contributed by atoms with Crippen LogP contribution in [0.3, 0.4) is 0 Å². The first-order valence-corrected chi connectivity index (χ1v) is 7.75. The van der Waals surface area contributed by atoms with Crippen LogP contribution in [-0.4, -0.2) is 29.8 Å². The van der Waals surface area contributed by atoms with Gasteiger partial charge in [-0.1, -0.05) is 15.9 Å². The Kier molecular flexibility index (Phi) is 2.66. The van der Waals surface area contributed by atoms with Crippen molar-refractivity contribution in [2.24, 2.45) is 5.41 Å². The van der Waals surface area contributed by atoms with Crippen LogP contribution >= 0.6 is 15.9 Å². The van der Waals surface area contributed by atoms with Gasteiger partial charge in [-0.2, -0.15) is 5.10 Å². The van der Waals surface area contributed by atoms with E-state index in [2.05, 4.69) is 21.0 Å². The van der Waals surface area contributed by atoms with Gasteiger partial charge in [-0.15, -0.1) is 0 Å². The first kappa shape index (κ1) is 11.1. The largest absolute Gasteiger partial charge is 0.271 e. The molecule has 0 radical (unpaired) electrons. The molecule has 0 aliphatic heterocycles. The van der Waals surface area contributed by atoms with Crippen molar-refractivity contribution in [1.29, 1.82) is 0 Å². The van der Waals surface area contributed by atoms with Gasteiger partial charge in [0.25, 0.3) is 0 Å². The second kappa shape index (κ2) is 3.59. The summed E-state index contributed by atoms with van der Waals surface area (Å²) in [5, 5.41) is 5.02. The van der Waals surface area contributed by atoms with Crippen molar-refractivity contribution in [1.82, 2.24) is 9.78 Å². The predicted molar refractivity (Wildman–Crippen MR) is 60.8 cm³/mol. The Balaban J connectivity index is 2.15. The van der Waals surface area contributed by atoms with Gasteiger partial charge in [-0.3, -0.25) is 4.68 Å². The van der Waals surface area contributed by atoms with Crippen molar-refractivity contribution in [3.05, 3.63) is 12.4 Å². The Morgan fingerprint density at radius 1 is 1.60 bits per heavy atom. The number of rotatable bonds is 4. The topological polar surface area (TPSA) is 52.0 Å². The Bertz CT molecular complexity index is 462. The summed E-state index contributed by atoms with van der Waals surface area (Å²) in [7, 11) is -3.12. The van der Waals surface area contributed by atoms with E-state index in [9.17, 15) is 8.42 Å². The molecule has 0 aromatic carbocycles. The van der Waals surface area contributed by atoms with E-state index in [1.807, 2.05) is 0 Å². The number of halogens is 1. The molecule has 0 amide bonds. The van der Waals surface area contributed by atoms with E-state index < -0.39 is 9.84 Å². The highest BCUT2D eigenvalue weighted by atomic mass is 79.9. The third kappa shape index (κ3) is 2.42. The lowest BCUT2D eigenvalue weighted by atomic mass is 10.1. The van der Waals surface area contributed by atoms with Gasteiger partial charge in [0.15, 0.2) is 9.84 Å². The second-order valence-corrected chi connectivity index (χ2v) is 6.86. The normalized spacial score (nSPS) is 19.1. The Hall–Kier alpha value is -0.360. The Labute approximate surface area is 97.7 Å². The van der Waals surface area contributed by atoms with Crippen LogP contribution in [0.5, 0.6) is 0 Å². The van der Waals surface area contributed by atoms with E-state index in [1.54, 1.807) is 10.9 Å². The summed E-state index contributed by atoms with van der Waals surface area (Å²) >= 11 is 3.48. The van der Waals surface area contributed by atoms with Gasteiger partial charge < -0.3 is 0 Å². The molecule has 2 rings (SSSR count). The molecule has 1 aromatic rings. The van der Waals surface area contributed by atoms with Gasteiger partial charge >= 0.3 is 0 Å². The summed E-state index contributed by atoms with van der Waals surface area (Å²) in [6, 6.07) is 0. The van der Waals surface area contributed by atoms with Crippen LogP contribution in [0.2, 0.25) is 0 Å². The molecule has 1 fully saturated rings. The van der Waals surface area contributed by atoms with E-state index in [1.165, 1.54) is 25.3 Å². The number of aromatic nitrogens is 2. The maximum absolute atomic E-state index is 11.2. The van der Waals surface area contributed by atoms with Gasteiger partial charge in [-0.05, 0) is 18.3 Å². The molecule has 6 heteroatoms. The quantitative estimate of drug-likeness (QED) is 0.790. The van der Waals surface area contributed by atoms with Crippen molar-refractivity contribution >= 4 is 25.8 Å². The first-order chi connectivity index (χ1) is 6.95. The highest BCUT2D eigenvalue weighted by Gasteiger charge is 2.42. The summed E-state index contributed by atoms with van der Waals surface area (Å²) in [6.07, 6.45) is 6.60. The van der Waals surface area contributed by atoms with Gasteiger partial charge in [0.1, 0.15) is 4.90 Å². The summed E-state index contributed by atoms with van der Waals surface area (Å²) in [4.78, 5) is 0.299. The Morgan fingerprint density at radius 2 is 2.27 bits per heavy atom. The minimum Gasteiger partial charge on any atom is -0.271 e. The highest BCUT2D eigenvalue weighted by molar-refractivity contribution is 9.09. The van der Waals surface area contributed by atoms with Gasteiger partial charge in [-0.25, -0.2) is 8.42 Å². The van der Waals surface area contributed by atoms with Crippen molar-refractivity contribution in [2.45, 2.75) is 24.3 Å². The minimum absolute atomic E-state index is 0.299. The summed E-state index contributed by atoms with van der Waals surface area (Å²) in [5.74, 6) is 0. The van der Waals surface area contributed by atoms with Crippen LogP contribution in [0.25, 0.3) is 0 Å². The molecule has 0 N–H and O–H groups in total. The summed E-state index contributed by atoms with van der Waals surface area (Å²) < 4.78 is 24.2. The standard InChI is InChI=1S/C9H13BrN2O2S/c1-15(13,14)8-4-11-12(5-8)7-9(6-10)2-3-9/h4-5H,2-3,6-7H2,1H3. The van der Waals surface area contributed by atoms with Crippen LogP contribution in [0.1, 0.15) is 12.8 Å². The third-order valence-electron chi connectivity index (χ3n) is 2.78. The maximum Gasteiger partial charge on any atom is 0.178 e. The molecular formula is C9H13BrN2O2S. The SMILES string of the molecule is CS(=O)(=O)c1cnn(CC2(CBr)CC2)c1. The zero-order valence-electron chi connectivity index (χ0n) is 8.48. The van der Waals surface area contributed by atoms with Crippen molar-refractivity contribution < 1.29 is 8.42 Å². The molecule has 1 aliphatic carbocycles. The predicted octanol–water partition coefficient (Wildman–Crippen LogP) is 1.46. The fourth-order valence-electron chi connectivity index (χ4n) is 1.48. The number of hydrogen-bond donors (Lipinski definition) is 0. The molecule has 1 saturated carbocycles. The molecule has 0 saturated heterocycles. The first-order valence-electron chi connectivity index (χ1n) is 4.74. The van der Waals surface area contributed by atoms with Gasteiger partial charge in [0, 0.05) is 24.3 Å². The smallest absolute Gasteiger partial charge is 0.178 e. The molecule has 0 spiro atoms. The van der Waals surface area contributed by atoms with E-state index in [0.717, 1.165) is 11.9 Å². The average molecular weight is 293 g/mol. The molecule has 0 atom stereocenters. The number of alkyl halides is 1. The lowest BCUT2D eigenvalue weighted by Crippen LogP contribution is -2.13. The average Bonchev–Trinajstić information content (AvgIpc) is 2.73. The fraction of sp³-hybridized carbons (Fsp3) is 0.667. The molecule has 1 aliphatic rings. The maximum atomic E-state index is 11.2. The van der Waals surface area contributed by atoms with E-state index in [0.29, 0.717) is 10.3 Å². The molecule has 4 nitrogen and oxygen atoms in total. The Morgan fingerprint density at radius 3 is 2.67 bits per heavy atom. The van der Waals surface area contributed by atoms with Crippen LogP contribution in [0.4, 0.5) is 0 Å². The third-order valence-corrected chi connectivity index (χ3v) is 5.03. The second-order valence-electron chi connectivity index (χ2n) is 4.28. The van der Waals surface area contributed by atoms with Crippen LogP contribution in [0, 0.1) is 5.41 Å². The van der Waals surface area contributed by atoms with Crippen molar-refractivity contribution in [3.63, 3.8) is 0 Å². The molecule has 15 heavy (non-hydrogen) atoms. The molecule has 84 valence electrons. The van der Waals surface area contributed by atoms with Crippen molar-refractivity contribution in [3.8, 4) is 0 Å². The van der Waals surface area contributed by atoms with E-state index >= 15 is 0 Å². The molecular weight excluding hydrogens is 280 g/mol. The number of sulfone groups is 1. The van der Waals surface area contributed by atoms with Gasteiger partial charge in [0.2, 0.25) is 0 Å². The molecule has 1 heterocycles. The van der Waals surface area contributed by atoms with Crippen LogP contribution in [0.15, 0.2) is 17.3 Å². The monoisotopic (exact) mass is 292 g/mol. The lowest BCUT2D eigenvalue weighted by Gasteiger charge is -2.10. The zero-order chi connectivity index (χ0) is 11.1. The summed E-state index contributed by atoms with van der Waals surface area (Å²) in [6.45, 7) is 0.799. The fourth-order valence-corrected chi connectivity index (χ4v) is 2.77. The van der Waals surface area contributed by atoms with E-state index in [-0.39, 0.29) is 0 Å². The van der Waals surface area contributed by atoms with Crippen LogP contribution < -0.4 is 0 Å². The lowest BCUT2D eigenvalue weighted by molar-refractivity contribution is 0.441. The van der Waals surface area contributed by atoms with Crippen molar-refractivity contribution in [2.75, 3.05) is 11.6 Å². The van der Waals surface area contributed by atoms with E-state index in [4.69, 9.17) is 0 Å². The number of nitrogens with zero attached hydrogens (tertiary/aromatic N) is 2. The molecule has 0 bridgehead atoms. The molecule has 1 aromatic heterocycles. The highest BCUT2D eigenvalue weighted by Crippen LogP contribution is 2.48. The summed E-state index contributed by atoms with van der Waals surface area (Å²) in [5.41, 5.74) is 0.306. The minimum atomic E-state index is -3.12. The molecule has 0 unspecified atom stereocenters. The van der Waals surface area contributed by atoms with Crippen LogP contribution in [-0.2, 0) is 16.4 Å². The number of hydrogen-bond acceptors (Lipinski definition) is 3. The van der Waals surface area contributed by atoms with Gasteiger partial charge in [0.05, 0.1) is 6.20 Å².